The molecule has 10 nitrogen and oxygen atoms in total. The van der Waals surface area contributed by atoms with Crippen LogP contribution in [0.3, 0.4) is 0 Å². The van der Waals surface area contributed by atoms with Crippen molar-refractivity contribution in [3.05, 3.63) is 88.6 Å². The van der Waals surface area contributed by atoms with Crippen molar-refractivity contribution >= 4 is 34.7 Å². The average molecular weight is 550 g/mol. The van der Waals surface area contributed by atoms with Crippen molar-refractivity contribution in [2.24, 2.45) is 0 Å². The highest BCUT2D eigenvalue weighted by Crippen LogP contribution is 2.30. The van der Waals surface area contributed by atoms with Crippen molar-refractivity contribution in [2.45, 2.75) is 32.2 Å². The van der Waals surface area contributed by atoms with Gasteiger partial charge in [0.15, 0.2) is 5.65 Å². The van der Waals surface area contributed by atoms with E-state index in [1.54, 1.807) is 24.3 Å². The number of nitriles is 1. The Kier molecular flexibility index (Phi) is 7.08. The number of urea groups is 1. The van der Waals surface area contributed by atoms with Gasteiger partial charge in [-0.2, -0.15) is 14.9 Å². The van der Waals surface area contributed by atoms with Crippen LogP contribution in [-0.2, 0) is 6.54 Å². The molecule has 1 aliphatic heterocycles. The number of carbonyl (C=O) groups excluding carboxylic acids is 1. The monoisotopic (exact) mass is 549 g/mol. The Labute approximate surface area is 235 Å². The van der Waals surface area contributed by atoms with E-state index < -0.39 is 0 Å². The van der Waals surface area contributed by atoms with E-state index in [0.717, 1.165) is 52.4 Å². The molecule has 4 heterocycles. The Morgan fingerprint density at radius 3 is 2.73 bits per heavy atom. The fourth-order valence-electron chi connectivity index (χ4n) is 4.95. The number of hydrogen-bond donors (Lipinski definition) is 2. The maximum Gasteiger partial charge on any atom is 0.321 e. The van der Waals surface area contributed by atoms with Gasteiger partial charge in [-0.05, 0) is 55.1 Å². The maximum atomic E-state index is 12.8. The van der Waals surface area contributed by atoms with Gasteiger partial charge in [-0.1, -0.05) is 34.8 Å². The summed E-state index contributed by atoms with van der Waals surface area (Å²) >= 11 is 1.34. The van der Waals surface area contributed by atoms with Crippen molar-refractivity contribution < 1.29 is 4.79 Å². The van der Waals surface area contributed by atoms with E-state index in [1.165, 1.54) is 11.5 Å². The molecule has 5 aromatic rings. The van der Waals surface area contributed by atoms with Gasteiger partial charge in [0.05, 0.1) is 17.8 Å². The van der Waals surface area contributed by atoms with E-state index in [2.05, 4.69) is 61.7 Å². The average Bonchev–Trinajstić information content (AvgIpc) is 3.67. The first kappa shape index (κ1) is 25.5. The predicted molar refractivity (Wildman–Crippen MR) is 154 cm³/mol. The van der Waals surface area contributed by atoms with Gasteiger partial charge in [-0.3, -0.25) is 0 Å². The molecule has 0 spiro atoms. The molecule has 0 unspecified atom stereocenters. The number of rotatable bonds is 6. The van der Waals surface area contributed by atoms with Gasteiger partial charge in [0.1, 0.15) is 11.5 Å². The zero-order valence-corrected chi connectivity index (χ0v) is 22.7. The van der Waals surface area contributed by atoms with Crippen LogP contribution in [0.4, 0.5) is 16.3 Å². The molecular weight excluding hydrogens is 522 g/mol. The summed E-state index contributed by atoms with van der Waals surface area (Å²) in [7, 11) is 0. The fourth-order valence-corrected chi connectivity index (χ4v) is 5.42. The van der Waals surface area contributed by atoms with Crippen molar-refractivity contribution in [3.63, 3.8) is 0 Å². The van der Waals surface area contributed by atoms with Crippen LogP contribution in [0.5, 0.6) is 0 Å². The van der Waals surface area contributed by atoms with Gasteiger partial charge in [0.25, 0.3) is 0 Å². The molecule has 200 valence electrons. The SMILES string of the molecule is Cc1cnn2c(NCc3ccc(-c4csnn4)cc3)cc(C3CCN(C(=O)Nc4cccc(C#N)c4)CC3)nc12. The van der Waals surface area contributed by atoms with Gasteiger partial charge in [-0.15, -0.1) is 5.10 Å². The van der Waals surface area contributed by atoms with Crippen molar-refractivity contribution in [1.82, 2.24) is 29.1 Å². The normalized spacial score (nSPS) is 13.8. The molecule has 0 saturated carbocycles. The summed E-state index contributed by atoms with van der Waals surface area (Å²) < 4.78 is 5.79. The Hall–Kier alpha value is -4.82. The highest BCUT2D eigenvalue weighted by atomic mass is 32.1. The molecule has 1 aliphatic rings. The largest absolute Gasteiger partial charge is 0.366 e. The number of carbonyl (C=O) groups is 1. The number of amides is 2. The van der Waals surface area contributed by atoms with Crippen LogP contribution < -0.4 is 10.6 Å². The molecule has 0 radical (unpaired) electrons. The minimum Gasteiger partial charge on any atom is -0.366 e. The quantitative estimate of drug-likeness (QED) is 0.289. The Bertz CT molecular complexity index is 1680. The molecule has 0 aliphatic carbocycles. The summed E-state index contributed by atoms with van der Waals surface area (Å²) in [6, 6.07) is 19.3. The first-order valence-corrected chi connectivity index (χ1v) is 13.9. The van der Waals surface area contributed by atoms with Gasteiger partial charge >= 0.3 is 6.03 Å². The first-order valence-electron chi connectivity index (χ1n) is 13.1. The zero-order chi connectivity index (χ0) is 27.5. The van der Waals surface area contributed by atoms with Crippen LogP contribution in [0.15, 0.2) is 66.2 Å². The van der Waals surface area contributed by atoms with E-state index >= 15 is 0 Å². The molecule has 0 atom stereocenters. The fraction of sp³-hybridized carbons (Fsp3) is 0.241. The Morgan fingerprint density at radius 1 is 1.15 bits per heavy atom. The standard InChI is InChI=1S/C29H27N9OS/c1-19-16-32-38-27(31-17-20-5-7-22(8-6-20)26-18-40-36-35-26)14-25(34-28(19)38)23-9-11-37(12-10-23)29(39)33-24-4-2-3-21(13-24)15-30/h2-8,13-14,16,18,23,31H,9-12,17H2,1H3,(H,33,39). The van der Waals surface area contributed by atoms with Crippen LogP contribution >= 0.6 is 11.5 Å². The lowest BCUT2D eigenvalue weighted by molar-refractivity contribution is 0.194. The topological polar surface area (TPSA) is 124 Å². The summed E-state index contributed by atoms with van der Waals surface area (Å²) in [5.74, 6) is 1.12. The molecule has 1 saturated heterocycles. The van der Waals surface area contributed by atoms with E-state index in [4.69, 9.17) is 10.2 Å². The number of hydrogen-bond acceptors (Lipinski definition) is 8. The number of likely N-dealkylation sites (tertiary alicyclic amines) is 1. The number of fused-ring (bicyclic) bond motifs is 1. The molecule has 40 heavy (non-hydrogen) atoms. The lowest BCUT2D eigenvalue weighted by Crippen LogP contribution is -2.40. The van der Waals surface area contributed by atoms with Crippen LogP contribution in [0.25, 0.3) is 16.9 Å². The zero-order valence-electron chi connectivity index (χ0n) is 21.9. The predicted octanol–water partition coefficient (Wildman–Crippen LogP) is 5.45. The minimum absolute atomic E-state index is 0.150. The molecule has 2 amide bonds. The third-order valence-corrected chi connectivity index (χ3v) is 7.70. The number of nitrogens with zero attached hydrogens (tertiary/aromatic N) is 7. The number of anilines is 2. The first-order chi connectivity index (χ1) is 19.6. The second kappa shape index (κ2) is 11.1. The molecule has 3 aromatic heterocycles. The molecule has 2 N–H and O–H groups in total. The van der Waals surface area contributed by atoms with Crippen molar-refractivity contribution in [2.75, 3.05) is 23.7 Å². The molecule has 1 fully saturated rings. The summed E-state index contributed by atoms with van der Waals surface area (Å²) in [5, 5.41) is 26.2. The summed E-state index contributed by atoms with van der Waals surface area (Å²) in [4.78, 5) is 19.6. The van der Waals surface area contributed by atoms with Crippen LogP contribution in [0.1, 0.15) is 41.1 Å². The lowest BCUT2D eigenvalue weighted by atomic mass is 9.93. The lowest BCUT2D eigenvalue weighted by Gasteiger charge is -2.32. The summed E-state index contributed by atoms with van der Waals surface area (Å²) in [6.45, 7) is 3.91. The summed E-state index contributed by atoms with van der Waals surface area (Å²) in [6.07, 6.45) is 3.46. The van der Waals surface area contributed by atoms with Gasteiger partial charge < -0.3 is 15.5 Å². The van der Waals surface area contributed by atoms with Gasteiger partial charge in [0.2, 0.25) is 0 Å². The van der Waals surface area contributed by atoms with Crippen molar-refractivity contribution in [3.8, 4) is 17.3 Å². The van der Waals surface area contributed by atoms with Gasteiger partial charge in [-0.25, -0.2) is 9.78 Å². The molecule has 11 heteroatoms. The van der Waals surface area contributed by atoms with E-state index in [-0.39, 0.29) is 11.9 Å². The Balaban J connectivity index is 1.13. The van der Waals surface area contributed by atoms with E-state index in [9.17, 15) is 4.79 Å². The highest BCUT2D eigenvalue weighted by molar-refractivity contribution is 7.03. The number of aromatic nitrogens is 5. The second-order valence-corrected chi connectivity index (χ2v) is 10.5. The molecule has 6 rings (SSSR count). The third kappa shape index (κ3) is 5.34. The van der Waals surface area contributed by atoms with Crippen LogP contribution in [-0.4, -0.2) is 48.2 Å². The highest BCUT2D eigenvalue weighted by Gasteiger charge is 2.26. The van der Waals surface area contributed by atoms with E-state index in [0.29, 0.717) is 30.9 Å². The summed E-state index contributed by atoms with van der Waals surface area (Å²) in [5.41, 5.74) is 7.07. The molecular formula is C29H27N9OS. The smallest absolute Gasteiger partial charge is 0.321 e. The maximum absolute atomic E-state index is 12.8. The van der Waals surface area contributed by atoms with Crippen LogP contribution in [0, 0.1) is 18.3 Å². The number of piperidine rings is 1. The minimum atomic E-state index is -0.150. The van der Waals surface area contributed by atoms with Crippen molar-refractivity contribution in [1.29, 1.82) is 5.26 Å². The molecule has 0 bridgehead atoms. The number of nitrogens with one attached hydrogen (secondary N) is 2. The van der Waals surface area contributed by atoms with Gasteiger partial charge in [0, 0.05) is 59.5 Å². The Morgan fingerprint density at radius 2 is 1.98 bits per heavy atom. The van der Waals surface area contributed by atoms with E-state index in [1.807, 2.05) is 27.9 Å². The van der Waals surface area contributed by atoms with Crippen LogP contribution in [0.2, 0.25) is 0 Å². The molecule has 2 aromatic carbocycles. The number of aryl methyl sites for hydroxylation is 1. The third-order valence-electron chi connectivity index (χ3n) is 7.19. The number of benzene rings is 2. The second-order valence-electron chi connectivity index (χ2n) is 9.85.